The monoisotopic (exact) mass is 432 g/mol. The molecule has 3 rings (SSSR count). The van der Waals surface area contributed by atoms with Gasteiger partial charge in [0.05, 0.1) is 11.3 Å². The highest BCUT2D eigenvalue weighted by atomic mass is 79.9. The van der Waals surface area contributed by atoms with Gasteiger partial charge in [-0.25, -0.2) is 0 Å². The second-order valence-corrected chi connectivity index (χ2v) is 7.59. The summed E-state index contributed by atoms with van der Waals surface area (Å²) in [6.07, 6.45) is 0. The van der Waals surface area contributed by atoms with E-state index in [0.29, 0.717) is 16.5 Å². The normalized spacial score (nSPS) is 10.7. The van der Waals surface area contributed by atoms with Crippen molar-refractivity contribution in [1.29, 1.82) is 0 Å². The van der Waals surface area contributed by atoms with E-state index in [0.717, 1.165) is 15.7 Å². The van der Waals surface area contributed by atoms with Crippen LogP contribution >= 0.6 is 27.7 Å². The molecule has 8 heteroatoms. The summed E-state index contributed by atoms with van der Waals surface area (Å²) in [5.74, 6) is 0.751. The molecule has 0 bridgehead atoms. The van der Waals surface area contributed by atoms with Crippen molar-refractivity contribution >= 4 is 39.3 Å². The molecule has 134 valence electrons. The number of rotatable bonds is 5. The number of nitrogens with one attached hydrogen (secondary N) is 1. The summed E-state index contributed by atoms with van der Waals surface area (Å²) in [4.78, 5) is 12.1. The first kappa shape index (κ1) is 18.5. The van der Waals surface area contributed by atoms with E-state index < -0.39 is 0 Å². The van der Waals surface area contributed by atoms with Crippen LogP contribution < -0.4 is 5.32 Å². The first-order valence-electron chi connectivity index (χ1n) is 7.81. The van der Waals surface area contributed by atoms with Gasteiger partial charge in [-0.3, -0.25) is 4.79 Å². The van der Waals surface area contributed by atoms with Crippen LogP contribution in [0.25, 0.3) is 11.4 Å². The molecule has 0 atom stereocenters. The van der Waals surface area contributed by atoms with Crippen LogP contribution in [-0.4, -0.2) is 31.5 Å². The summed E-state index contributed by atoms with van der Waals surface area (Å²) < 4.78 is 2.59. The zero-order chi connectivity index (χ0) is 18.7. The van der Waals surface area contributed by atoms with E-state index in [2.05, 4.69) is 31.4 Å². The fourth-order valence-corrected chi connectivity index (χ4v) is 3.40. The smallest absolute Gasteiger partial charge is 0.234 e. The second-order valence-electron chi connectivity index (χ2n) is 5.73. The Morgan fingerprint density at radius 3 is 2.69 bits per heavy atom. The molecule has 3 aromatic rings. The lowest BCUT2D eigenvalue weighted by molar-refractivity contribution is -0.113. The number of amides is 1. The highest BCUT2D eigenvalue weighted by molar-refractivity contribution is 9.10. The zero-order valence-electron chi connectivity index (χ0n) is 14.2. The van der Waals surface area contributed by atoms with Gasteiger partial charge in [0.25, 0.3) is 0 Å². The number of aryl methyl sites for hydroxylation is 1. The number of aromatic nitrogens is 3. The molecule has 26 heavy (non-hydrogen) atoms. The largest absolute Gasteiger partial charge is 0.507 e. The number of carbonyl (C=O) groups is 1. The number of thioether (sulfide) groups is 1. The van der Waals surface area contributed by atoms with Crippen LogP contribution in [0.4, 0.5) is 5.69 Å². The van der Waals surface area contributed by atoms with Gasteiger partial charge in [0.1, 0.15) is 5.75 Å². The number of nitrogens with zero attached hydrogens (tertiary/aromatic N) is 3. The molecule has 0 aliphatic rings. The molecule has 6 nitrogen and oxygen atoms in total. The van der Waals surface area contributed by atoms with Gasteiger partial charge >= 0.3 is 0 Å². The third kappa shape index (κ3) is 4.25. The standard InChI is InChI=1S/C18H17BrN4O2S/c1-11-3-6-13(7-4-11)20-16(25)10-26-18-22-21-17(23(18)2)14-9-12(19)5-8-15(14)24/h3-9,24H,10H2,1-2H3,(H,20,25). The molecule has 0 unspecified atom stereocenters. The van der Waals surface area contributed by atoms with Gasteiger partial charge < -0.3 is 15.0 Å². The molecule has 0 fully saturated rings. The number of benzene rings is 2. The molecule has 1 aromatic heterocycles. The van der Waals surface area contributed by atoms with Crippen LogP contribution in [0.5, 0.6) is 5.75 Å². The minimum Gasteiger partial charge on any atom is -0.507 e. The van der Waals surface area contributed by atoms with Crippen molar-refractivity contribution in [2.75, 3.05) is 11.1 Å². The van der Waals surface area contributed by atoms with E-state index in [4.69, 9.17) is 0 Å². The van der Waals surface area contributed by atoms with E-state index in [1.807, 2.05) is 31.2 Å². The van der Waals surface area contributed by atoms with E-state index in [1.54, 1.807) is 29.8 Å². The maximum atomic E-state index is 12.1. The average molecular weight is 433 g/mol. The molecule has 0 radical (unpaired) electrons. The minimum absolute atomic E-state index is 0.117. The topological polar surface area (TPSA) is 80.0 Å². The molecular weight excluding hydrogens is 416 g/mol. The maximum Gasteiger partial charge on any atom is 0.234 e. The number of carbonyl (C=O) groups excluding carboxylic acids is 1. The Morgan fingerprint density at radius 1 is 1.23 bits per heavy atom. The van der Waals surface area contributed by atoms with Crippen LogP contribution in [0, 0.1) is 6.92 Å². The lowest BCUT2D eigenvalue weighted by Gasteiger charge is -2.07. The van der Waals surface area contributed by atoms with E-state index in [1.165, 1.54) is 11.8 Å². The number of hydrogen-bond acceptors (Lipinski definition) is 5. The van der Waals surface area contributed by atoms with Crippen molar-refractivity contribution in [2.24, 2.45) is 7.05 Å². The lowest BCUT2D eigenvalue weighted by Crippen LogP contribution is -2.14. The third-order valence-electron chi connectivity index (χ3n) is 3.70. The van der Waals surface area contributed by atoms with E-state index >= 15 is 0 Å². The number of hydrogen-bond donors (Lipinski definition) is 2. The zero-order valence-corrected chi connectivity index (χ0v) is 16.6. The van der Waals surface area contributed by atoms with Crippen molar-refractivity contribution < 1.29 is 9.90 Å². The Morgan fingerprint density at radius 2 is 1.96 bits per heavy atom. The molecule has 0 spiro atoms. The Bertz CT molecular complexity index is 941. The van der Waals surface area contributed by atoms with Crippen molar-refractivity contribution in [3.63, 3.8) is 0 Å². The summed E-state index contributed by atoms with van der Waals surface area (Å²) in [6.45, 7) is 2.00. The van der Waals surface area contributed by atoms with Gasteiger partial charge in [-0.1, -0.05) is 45.4 Å². The molecule has 0 saturated heterocycles. The van der Waals surface area contributed by atoms with Gasteiger partial charge in [-0.2, -0.15) is 0 Å². The van der Waals surface area contributed by atoms with Gasteiger partial charge in [0, 0.05) is 17.2 Å². The van der Waals surface area contributed by atoms with Gasteiger partial charge in [0.2, 0.25) is 5.91 Å². The summed E-state index contributed by atoms with van der Waals surface area (Å²) in [5, 5.41) is 21.8. The van der Waals surface area contributed by atoms with Crippen molar-refractivity contribution in [1.82, 2.24) is 14.8 Å². The molecular formula is C18H17BrN4O2S. The Hall–Kier alpha value is -2.32. The predicted molar refractivity (Wildman–Crippen MR) is 106 cm³/mol. The molecule has 2 N–H and O–H groups in total. The fourth-order valence-electron chi connectivity index (χ4n) is 2.33. The number of phenols is 1. The second kappa shape index (κ2) is 7.92. The lowest BCUT2D eigenvalue weighted by atomic mass is 10.2. The highest BCUT2D eigenvalue weighted by Gasteiger charge is 2.16. The Labute approximate surface area is 163 Å². The summed E-state index contributed by atoms with van der Waals surface area (Å²) >= 11 is 4.67. The number of anilines is 1. The van der Waals surface area contributed by atoms with E-state index in [-0.39, 0.29) is 17.4 Å². The Balaban J connectivity index is 1.67. The predicted octanol–water partition coefficient (Wildman–Crippen LogP) is 3.99. The van der Waals surface area contributed by atoms with Crippen molar-refractivity contribution in [3.8, 4) is 17.1 Å². The van der Waals surface area contributed by atoms with Gasteiger partial charge in [-0.15, -0.1) is 10.2 Å². The van der Waals surface area contributed by atoms with Crippen LogP contribution in [-0.2, 0) is 11.8 Å². The van der Waals surface area contributed by atoms with Gasteiger partial charge in [-0.05, 0) is 37.3 Å². The maximum absolute atomic E-state index is 12.1. The number of phenolic OH excluding ortho intramolecular Hbond substituents is 1. The van der Waals surface area contributed by atoms with Crippen molar-refractivity contribution in [3.05, 3.63) is 52.5 Å². The van der Waals surface area contributed by atoms with Crippen LogP contribution in [0.15, 0.2) is 52.1 Å². The van der Waals surface area contributed by atoms with Gasteiger partial charge in [0.15, 0.2) is 11.0 Å². The Kier molecular flexibility index (Phi) is 5.63. The average Bonchev–Trinajstić information content (AvgIpc) is 2.98. The molecule has 1 heterocycles. The van der Waals surface area contributed by atoms with Crippen LogP contribution in [0.1, 0.15) is 5.56 Å². The first-order valence-corrected chi connectivity index (χ1v) is 9.59. The first-order chi connectivity index (χ1) is 12.4. The third-order valence-corrected chi connectivity index (χ3v) is 5.22. The van der Waals surface area contributed by atoms with Crippen LogP contribution in [0.3, 0.4) is 0 Å². The van der Waals surface area contributed by atoms with Crippen molar-refractivity contribution in [2.45, 2.75) is 12.1 Å². The summed E-state index contributed by atoms with van der Waals surface area (Å²) in [5.41, 5.74) is 2.48. The van der Waals surface area contributed by atoms with Crippen LogP contribution in [0.2, 0.25) is 0 Å². The number of halogens is 1. The van der Waals surface area contributed by atoms with E-state index in [9.17, 15) is 9.90 Å². The molecule has 2 aromatic carbocycles. The number of aromatic hydroxyl groups is 1. The quantitative estimate of drug-likeness (QED) is 0.595. The minimum atomic E-state index is -0.117. The highest BCUT2D eigenvalue weighted by Crippen LogP contribution is 2.32. The molecule has 1 amide bonds. The molecule has 0 aliphatic carbocycles. The fraction of sp³-hybridized carbons (Fsp3) is 0.167. The molecule has 0 saturated carbocycles. The molecule has 0 aliphatic heterocycles. The summed E-state index contributed by atoms with van der Waals surface area (Å²) in [7, 11) is 1.80. The SMILES string of the molecule is Cc1ccc(NC(=O)CSc2nnc(-c3cc(Br)ccc3O)n2C)cc1. The summed E-state index contributed by atoms with van der Waals surface area (Å²) in [6, 6.07) is 12.8.